The summed E-state index contributed by atoms with van der Waals surface area (Å²) in [5.74, 6) is -0.199. The van der Waals surface area contributed by atoms with Crippen molar-refractivity contribution in [3.8, 4) is 0 Å². The number of nitrogens with one attached hydrogen (secondary N) is 1. The van der Waals surface area contributed by atoms with Gasteiger partial charge in [-0.05, 0) is 43.5 Å². The van der Waals surface area contributed by atoms with Gasteiger partial charge in [0.1, 0.15) is 0 Å². The second-order valence-corrected chi connectivity index (χ2v) is 7.67. The summed E-state index contributed by atoms with van der Waals surface area (Å²) in [5, 5.41) is 2.81. The van der Waals surface area contributed by atoms with Crippen molar-refractivity contribution in [1.29, 1.82) is 0 Å². The van der Waals surface area contributed by atoms with Gasteiger partial charge in [0.2, 0.25) is 15.9 Å². The summed E-state index contributed by atoms with van der Waals surface area (Å²) < 4.78 is 29.7. The molecule has 1 rings (SSSR count). The lowest BCUT2D eigenvalue weighted by Gasteiger charge is -2.19. The standard InChI is InChI=1S/C16H26N2O4S/c1-13-10-14(2)12-15(11-13)17-16(19)6-8-18(23(4,20)21)7-5-9-22-3/h10-12H,5-9H2,1-4H3,(H,17,19). The quantitative estimate of drug-likeness (QED) is 0.696. The molecule has 0 aliphatic rings. The van der Waals surface area contributed by atoms with E-state index in [2.05, 4.69) is 5.32 Å². The molecule has 1 aromatic rings. The number of nitrogens with zero attached hydrogens (tertiary/aromatic N) is 1. The van der Waals surface area contributed by atoms with Crippen molar-refractivity contribution >= 4 is 21.6 Å². The van der Waals surface area contributed by atoms with Gasteiger partial charge in [-0.2, -0.15) is 0 Å². The Morgan fingerprint density at radius 2 is 1.78 bits per heavy atom. The number of amides is 1. The number of sulfonamides is 1. The van der Waals surface area contributed by atoms with Gasteiger partial charge in [-0.15, -0.1) is 0 Å². The summed E-state index contributed by atoms with van der Waals surface area (Å²) in [7, 11) is -1.76. The zero-order chi connectivity index (χ0) is 17.5. The number of carbonyl (C=O) groups excluding carboxylic acids is 1. The Bertz CT molecular complexity index is 609. The van der Waals surface area contributed by atoms with Crippen LogP contribution in [0.5, 0.6) is 0 Å². The Morgan fingerprint density at radius 1 is 1.17 bits per heavy atom. The normalized spacial score (nSPS) is 11.7. The second kappa shape index (κ2) is 9.00. The fourth-order valence-electron chi connectivity index (χ4n) is 2.33. The smallest absolute Gasteiger partial charge is 0.225 e. The average molecular weight is 342 g/mol. The highest BCUT2D eigenvalue weighted by Crippen LogP contribution is 2.14. The van der Waals surface area contributed by atoms with Crippen LogP contribution in [-0.2, 0) is 19.6 Å². The number of ether oxygens (including phenoxy) is 1. The maximum Gasteiger partial charge on any atom is 0.225 e. The van der Waals surface area contributed by atoms with E-state index in [0.717, 1.165) is 23.1 Å². The molecular formula is C16H26N2O4S. The van der Waals surface area contributed by atoms with Gasteiger partial charge in [0.25, 0.3) is 0 Å². The molecular weight excluding hydrogens is 316 g/mol. The minimum Gasteiger partial charge on any atom is -0.385 e. The van der Waals surface area contributed by atoms with Crippen LogP contribution in [0.25, 0.3) is 0 Å². The molecule has 0 bridgehead atoms. The van der Waals surface area contributed by atoms with Crippen LogP contribution in [-0.4, -0.2) is 51.7 Å². The highest BCUT2D eigenvalue weighted by atomic mass is 32.2. The van der Waals surface area contributed by atoms with Gasteiger partial charge < -0.3 is 10.1 Å². The molecule has 130 valence electrons. The molecule has 0 unspecified atom stereocenters. The number of benzene rings is 1. The van der Waals surface area contributed by atoms with E-state index >= 15 is 0 Å². The number of rotatable bonds is 9. The first kappa shape index (κ1) is 19.6. The van der Waals surface area contributed by atoms with Crippen LogP contribution in [0.2, 0.25) is 0 Å². The minimum absolute atomic E-state index is 0.118. The number of hydrogen-bond acceptors (Lipinski definition) is 4. The predicted molar refractivity (Wildman–Crippen MR) is 92.1 cm³/mol. The van der Waals surface area contributed by atoms with Gasteiger partial charge >= 0.3 is 0 Å². The number of carbonyl (C=O) groups is 1. The van der Waals surface area contributed by atoms with E-state index in [1.807, 2.05) is 32.0 Å². The van der Waals surface area contributed by atoms with Gasteiger partial charge in [0, 0.05) is 38.9 Å². The molecule has 0 spiro atoms. The highest BCUT2D eigenvalue weighted by Gasteiger charge is 2.17. The van der Waals surface area contributed by atoms with Crippen LogP contribution in [0, 0.1) is 13.8 Å². The number of anilines is 1. The molecule has 0 aromatic heterocycles. The minimum atomic E-state index is -3.33. The summed E-state index contributed by atoms with van der Waals surface area (Å²) in [4.78, 5) is 12.0. The Morgan fingerprint density at radius 3 is 2.30 bits per heavy atom. The zero-order valence-corrected chi connectivity index (χ0v) is 15.1. The monoisotopic (exact) mass is 342 g/mol. The Labute approximate surface area is 138 Å². The molecule has 0 heterocycles. The molecule has 0 atom stereocenters. The lowest BCUT2D eigenvalue weighted by atomic mass is 10.1. The van der Waals surface area contributed by atoms with Crippen molar-refractivity contribution in [2.45, 2.75) is 26.7 Å². The van der Waals surface area contributed by atoms with Crippen LogP contribution in [0.15, 0.2) is 18.2 Å². The largest absolute Gasteiger partial charge is 0.385 e. The van der Waals surface area contributed by atoms with E-state index in [-0.39, 0.29) is 18.9 Å². The molecule has 23 heavy (non-hydrogen) atoms. The molecule has 0 saturated heterocycles. The molecule has 6 nitrogen and oxygen atoms in total. The summed E-state index contributed by atoms with van der Waals surface area (Å²) >= 11 is 0. The van der Waals surface area contributed by atoms with Crippen LogP contribution in [0.1, 0.15) is 24.0 Å². The molecule has 0 aliphatic heterocycles. The van der Waals surface area contributed by atoms with E-state index in [4.69, 9.17) is 4.74 Å². The maximum atomic E-state index is 12.0. The molecule has 0 radical (unpaired) electrons. The average Bonchev–Trinajstić information content (AvgIpc) is 2.40. The van der Waals surface area contributed by atoms with Crippen LogP contribution < -0.4 is 5.32 Å². The predicted octanol–water partition coefficient (Wildman–Crippen LogP) is 1.93. The highest BCUT2D eigenvalue weighted by molar-refractivity contribution is 7.88. The molecule has 7 heteroatoms. The third kappa shape index (κ3) is 7.58. The van der Waals surface area contributed by atoms with Crippen LogP contribution >= 0.6 is 0 Å². The van der Waals surface area contributed by atoms with Crippen molar-refractivity contribution in [1.82, 2.24) is 4.31 Å². The first-order valence-corrected chi connectivity index (χ1v) is 9.39. The van der Waals surface area contributed by atoms with Gasteiger partial charge in [-0.3, -0.25) is 4.79 Å². The van der Waals surface area contributed by atoms with Crippen molar-refractivity contribution in [2.75, 3.05) is 38.4 Å². The summed E-state index contributed by atoms with van der Waals surface area (Å²) in [5.41, 5.74) is 2.87. The van der Waals surface area contributed by atoms with E-state index in [9.17, 15) is 13.2 Å². The first-order valence-electron chi connectivity index (χ1n) is 7.54. The first-order chi connectivity index (χ1) is 10.7. The van der Waals surface area contributed by atoms with Gasteiger partial charge in [0.05, 0.1) is 6.26 Å². The van der Waals surface area contributed by atoms with Crippen LogP contribution in [0.4, 0.5) is 5.69 Å². The third-order valence-electron chi connectivity index (χ3n) is 3.32. The number of methoxy groups -OCH3 is 1. The Kier molecular flexibility index (Phi) is 7.67. The van der Waals surface area contributed by atoms with Crippen molar-refractivity contribution < 1.29 is 17.9 Å². The molecule has 1 aromatic carbocycles. The Balaban J connectivity index is 2.57. The lowest BCUT2D eigenvalue weighted by molar-refractivity contribution is -0.116. The summed E-state index contributed by atoms with van der Waals surface area (Å²) in [6.45, 7) is 4.93. The third-order valence-corrected chi connectivity index (χ3v) is 4.62. The maximum absolute atomic E-state index is 12.0. The van der Waals surface area contributed by atoms with Gasteiger partial charge in [-0.25, -0.2) is 12.7 Å². The topological polar surface area (TPSA) is 75.7 Å². The molecule has 1 N–H and O–H groups in total. The fourth-order valence-corrected chi connectivity index (χ4v) is 3.21. The number of aryl methyl sites for hydroxylation is 2. The van der Waals surface area contributed by atoms with Crippen molar-refractivity contribution in [3.63, 3.8) is 0 Å². The van der Waals surface area contributed by atoms with Gasteiger partial charge in [-0.1, -0.05) is 6.07 Å². The fraction of sp³-hybridized carbons (Fsp3) is 0.562. The SMILES string of the molecule is COCCCN(CCC(=O)Nc1cc(C)cc(C)c1)S(C)(=O)=O. The summed E-state index contributed by atoms with van der Waals surface area (Å²) in [6, 6.07) is 5.80. The lowest BCUT2D eigenvalue weighted by Crippen LogP contribution is -2.34. The number of hydrogen-bond donors (Lipinski definition) is 1. The van der Waals surface area contributed by atoms with Crippen molar-refractivity contribution in [2.24, 2.45) is 0 Å². The van der Waals surface area contributed by atoms with E-state index < -0.39 is 10.0 Å². The van der Waals surface area contributed by atoms with E-state index in [1.165, 1.54) is 4.31 Å². The van der Waals surface area contributed by atoms with Gasteiger partial charge in [0.15, 0.2) is 0 Å². The molecule has 0 saturated carbocycles. The molecule has 0 aliphatic carbocycles. The van der Waals surface area contributed by atoms with E-state index in [0.29, 0.717) is 19.6 Å². The summed E-state index contributed by atoms with van der Waals surface area (Å²) in [6.07, 6.45) is 1.87. The molecule has 1 amide bonds. The van der Waals surface area contributed by atoms with Crippen molar-refractivity contribution in [3.05, 3.63) is 29.3 Å². The van der Waals surface area contributed by atoms with Crippen LogP contribution in [0.3, 0.4) is 0 Å². The Hall–Kier alpha value is -1.44. The van der Waals surface area contributed by atoms with E-state index in [1.54, 1.807) is 7.11 Å². The zero-order valence-electron chi connectivity index (χ0n) is 14.3. The molecule has 0 fully saturated rings. The second-order valence-electron chi connectivity index (χ2n) is 5.68.